The molecule has 118 valence electrons. The van der Waals surface area contributed by atoms with Gasteiger partial charge in [-0.3, -0.25) is 0 Å². The van der Waals surface area contributed by atoms with E-state index in [0.29, 0.717) is 11.8 Å². The molecule has 1 aromatic rings. The Morgan fingerprint density at radius 3 is 2.29 bits per heavy atom. The lowest BCUT2D eigenvalue weighted by Gasteiger charge is -2.30. The maximum absolute atomic E-state index is 6.26. The molecule has 0 aromatic heterocycles. The van der Waals surface area contributed by atoms with Gasteiger partial charge in [0, 0.05) is 36.4 Å². The molecule has 0 saturated heterocycles. The van der Waals surface area contributed by atoms with E-state index in [4.69, 9.17) is 11.6 Å². The average Bonchev–Trinajstić information content (AvgIpc) is 3.19. The van der Waals surface area contributed by atoms with E-state index in [9.17, 15) is 0 Å². The van der Waals surface area contributed by atoms with Gasteiger partial charge in [-0.2, -0.15) is 0 Å². The zero-order valence-electron chi connectivity index (χ0n) is 13.8. The molecule has 0 unspecified atom stereocenters. The summed E-state index contributed by atoms with van der Waals surface area (Å²) in [7, 11) is 0. The van der Waals surface area contributed by atoms with E-state index in [2.05, 4.69) is 50.0 Å². The summed E-state index contributed by atoms with van der Waals surface area (Å²) in [6.45, 7) is 12.2. The van der Waals surface area contributed by atoms with Gasteiger partial charge in [0.05, 0.1) is 0 Å². The topological polar surface area (TPSA) is 15.3 Å². The van der Waals surface area contributed by atoms with Gasteiger partial charge in [0.25, 0.3) is 0 Å². The van der Waals surface area contributed by atoms with Crippen LogP contribution in [-0.4, -0.2) is 19.1 Å². The Balaban J connectivity index is 2.19. The predicted molar refractivity (Wildman–Crippen MR) is 93.2 cm³/mol. The Bertz CT molecular complexity index is 443. The van der Waals surface area contributed by atoms with Crippen LogP contribution in [0.4, 0.5) is 5.69 Å². The highest BCUT2D eigenvalue weighted by molar-refractivity contribution is 6.30. The van der Waals surface area contributed by atoms with Crippen molar-refractivity contribution in [3.05, 3.63) is 28.8 Å². The molecule has 2 nitrogen and oxygen atoms in total. The lowest BCUT2D eigenvalue weighted by molar-refractivity contribution is 0.550. The smallest absolute Gasteiger partial charge is 0.0426 e. The molecule has 2 rings (SSSR count). The first-order chi connectivity index (χ1) is 9.95. The molecule has 1 aliphatic carbocycles. The van der Waals surface area contributed by atoms with Crippen molar-refractivity contribution >= 4 is 17.3 Å². The standard InChI is InChI=1S/C18H29ClN2/c1-13(2)11-21(12-14(3)4)18-9-16(19)6-5-15(18)10-20-17-7-8-17/h5-6,9,13-14,17,20H,7-8,10-12H2,1-4H3. The summed E-state index contributed by atoms with van der Waals surface area (Å²) in [6, 6.07) is 7.06. The minimum Gasteiger partial charge on any atom is -0.371 e. The molecule has 1 N–H and O–H groups in total. The van der Waals surface area contributed by atoms with E-state index in [-0.39, 0.29) is 0 Å². The van der Waals surface area contributed by atoms with E-state index in [0.717, 1.165) is 30.7 Å². The minimum atomic E-state index is 0.645. The third-order valence-corrected chi connectivity index (χ3v) is 3.95. The maximum atomic E-state index is 6.26. The highest BCUT2D eigenvalue weighted by Crippen LogP contribution is 2.28. The largest absolute Gasteiger partial charge is 0.371 e. The summed E-state index contributed by atoms with van der Waals surface area (Å²) < 4.78 is 0. The van der Waals surface area contributed by atoms with Crippen molar-refractivity contribution < 1.29 is 0 Å². The Morgan fingerprint density at radius 1 is 1.14 bits per heavy atom. The summed E-state index contributed by atoms with van der Waals surface area (Å²) in [5, 5.41) is 4.46. The number of halogens is 1. The third kappa shape index (κ3) is 5.52. The fourth-order valence-corrected chi connectivity index (χ4v) is 2.84. The van der Waals surface area contributed by atoms with Crippen LogP contribution in [0, 0.1) is 11.8 Å². The Hall–Kier alpha value is -0.730. The number of nitrogens with zero attached hydrogens (tertiary/aromatic N) is 1. The first-order valence-corrected chi connectivity index (χ1v) is 8.60. The summed E-state index contributed by atoms with van der Waals surface area (Å²) in [4.78, 5) is 2.51. The van der Waals surface area contributed by atoms with Gasteiger partial charge in [-0.15, -0.1) is 0 Å². The lowest BCUT2D eigenvalue weighted by atomic mass is 10.1. The Labute approximate surface area is 134 Å². The van der Waals surface area contributed by atoms with Crippen LogP contribution in [0.15, 0.2) is 18.2 Å². The number of nitrogens with one attached hydrogen (secondary N) is 1. The molecule has 0 bridgehead atoms. The van der Waals surface area contributed by atoms with E-state index < -0.39 is 0 Å². The van der Waals surface area contributed by atoms with E-state index >= 15 is 0 Å². The number of rotatable bonds is 8. The SMILES string of the molecule is CC(C)CN(CC(C)C)c1cc(Cl)ccc1CNC1CC1. The van der Waals surface area contributed by atoms with Crippen molar-refractivity contribution in [3.8, 4) is 0 Å². The molecule has 0 atom stereocenters. The summed E-state index contributed by atoms with van der Waals surface area (Å²) in [6.07, 6.45) is 2.65. The van der Waals surface area contributed by atoms with Crippen molar-refractivity contribution in [2.75, 3.05) is 18.0 Å². The van der Waals surface area contributed by atoms with Gasteiger partial charge in [-0.25, -0.2) is 0 Å². The second-order valence-electron chi connectivity index (χ2n) is 7.12. The number of anilines is 1. The van der Waals surface area contributed by atoms with Gasteiger partial charge in [0.1, 0.15) is 0 Å². The first kappa shape index (κ1) is 16.6. The van der Waals surface area contributed by atoms with Crippen molar-refractivity contribution in [3.63, 3.8) is 0 Å². The van der Waals surface area contributed by atoms with Crippen LogP contribution in [0.25, 0.3) is 0 Å². The first-order valence-electron chi connectivity index (χ1n) is 8.22. The maximum Gasteiger partial charge on any atom is 0.0426 e. The van der Waals surface area contributed by atoms with Gasteiger partial charge < -0.3 is 10.2 Å². The van der Waals surface area contributed by atoms with Crippen molar-refractivity contribution in [2.24, 2.45) is 11.8 Å². The van der Waals surface area contributed by atoms with Crippen LogP contribution in [0.2, 0.25) is 5.02 Å². The quantitative estimate of drug-likeness (QED) is 0.748. The van der Waals surface area contributed by atoms with Crippen LogP contribution < -0.4 is 10.2 Å². The van der Waals surface area contributed by atoms with Gasteiger partial charge in [-0.05, 0) is 42.4 Å². The van der Waals surface area contributed by atoms with Crippen LogP contribution in [0.1, 0.15) is 46.1 Å². The molecule has 21 heavy (non-hydrogen) atoms. The van der Waals surface area contributed by atoms with Gasteiger partial charge in [0.2, 0.25) is 0 Å². The molecule has 1 aliphatic rings. The van der Waals surface area contributed by atoms with E-state index in [1.165, 1.54) is 24.1 Å². The number of hydrogen-bond donors (Lipinski definition) is 1. The number of hydrogen-bond acceptors (Lipinski definition) is 2. The molecule has 3 heteroatoms. The summed E-state index contributed by atoms with van der Waals surface area (Å²) in [5.74, 6) is 1.29. The van der Waals surface area contributed by atoms with Gasteiger partial charge in [-0.1, -0.05) is 45.4 Å². The lowest BCUT2D eigenvalue weighted by Crippen LogP contribution is -2.32. The van der Waals surface area contributed by atoms with Gasteiger partial charge in [0.15, 0.2) is 0 Å². The molecule has 0 heterocycles. The van der Waals surface area contributed by atoms with Crippen molar-refractivity contribution in [2.45, 2.75) is 53.1 Å². The zero-order chi connectivity index (χ0) is 15.4. The monoisotopic (exact) mass is 308 g/mol. The molecule has 1 saturated carbocycles. The van der Waals surface area contributed by atoms with Crippen LogP contribution in [0.5, 0.6) is 0 Å². The summed E-state index contributed by atoms with van der Waals surface area (Å²) in [5.41, 5.74) is 2.67. The molecular formula is C18H29ClN2. The zero-order valence-corrected chi connectivity index (χ0v) is 14.6. The second kappa shape index (κ2) is 7.51. The minimum absolute atomic E-state index is 0.645. The Morgan fingerprint density at radius 2 is 1.76 bits per heavy atom. The summed E-state index contributed by atoms with van der Waals surface area (Å²) >= 11 is 6.26. The second-order valence-corrected chi connectivity index (χ2v) is 7.56. The molecule has 0 spiro atoms. The normalized spacial score (nSPS) is 15.0. The third-order valence-electron chi connectivity index (χ3n) is 3.72. The average molecular weight is 309 g/mol. The van der Waals surface area contributed by atoms with Gasteiger partial charge >= 0.3 is 0 Å². The molecule has 0 radical (unpaired) electrons. The van der Waals surface area contributed by atoms with Crippen molar-refractivity contribution in [1.82, 2.24) is 5.32 Å². The van der Waals surface area contributed by atoms with Crippen molar-refractivity contribution in [1.29, 1.82) is 0 Å². The van der Waals surface area contributed by atoms with E-state index in [1.807, 2.05) is 6.07 Å². The fourth-order valence-electron chi connectivity index (χ4n) is 2.68. The van der Waals surface area contributed by atoms with Crippen LogP contribution in [0.3, 0.4) is 0 Å². The van der Waals surface area contributed by atoms with E-state index in [1.54, 1.807) is 0 Å². The fraction of sp³-hybridized carbons (Fsp3) is 0.667. The molecule has 0 amide bonds. The molecule has 1 fully saturated rings. The molecule has 0 aliphatic heterocycles. The highest BCUT2D eigenvalue weighted by atomic mass is 35.5. The highest BCUT2D eigenvalue weighted by Gasteiger charge is 2.21. The Kier molecular flexibility index (Phi) is 5.95. The van der Waals surface area contributed by atoms with Crippen LogP contribution in [-0.2, 0) is 6.54 Å². The molecular weight excluding hydrogens is 280 g/mol. The number of benzene rings is 1. The van der Waals surface area contributed by atoms with Crippen LogP contribution >= 0.6 is 11.6 Å². The predicted octanol–water partition coefficient (Wildman–Crippen LogP) is 4.71. The molecule has 1 aromatic carbocycles.